The Morgan fingerprint density at radius 2 is 1.84 bits per heavy atom. The van der Waals surface area contributed by atoms with Gasteiger partial charge in [0.05, 0.1) is 18.5 Å². The van der Waals surface area contributed by atoms with Gasteiger partial charge in [0.1, 0.15) is 0 Å². The molecule has 5 nitrogen and oxygen atoms in total. The minimum Gasteiger partial charge on any atom is -0.494 e. The maximum absolute atomic E-state index is 14.6. The lowest BCUT2D eigenvalue weighted by atomic mass is 9.83. The van der Waals surface area contributed by atoms with Crippen LogP contribution >= 0.6 is 15.9 Å². The van der Waals surface area contributed by atoms with E-state index < -0.39 is 17.7 Å². The number of rotatable bonds is 5. The number of carboxylic acids is 1. The molecule has 1 saturated carbocycles. The summed E-state index contributed by atoms with van der Waals surface area (Å²) in [4.78, 5) is 25.8. The van der Waals surface area contributed by atoms with Crippen molar-refractivity contribution in [2.45, 2.75) is 38.5 Å². The zero-order valence-corrected chi connectivity index (χ0v) is 18.9. The van der Waals surface area contributed by atoms with Crippen LogP contribution in [-0.2, 0) is 4.79 Å². The standard InChI is InChI=1S/C24H23BrFNO4/c1-13-21(22(24(29)30)14-5-3-4-6-14)17-11-20(31-2)18(26)12-19(17)27(13)23(28)15-7-9-16(25)10-8-15/h7-12,14,22H,3-6H2,1-2H3,(H,29,30). The van der Waals surface area contributed by atoms with Gasteiger partial charge in [0.25, 0.3) is 5.91 Å². The van der Waals surface area contributed by atoms with Crippen molar-refractivity contribution in [2.75, 3.05) is 7.11 Å². The lowest BCUT2D eigenvalue weighted by Gasteiger charge is -2.20. The zero-order chi connectivity index (χ0) is 22.3. The number of carbonyl (C=O) groups excluding carboxylic acids is 1. The van der Waals surface area contributed by atoms with Crippen molar-refractivity contribution < 1.29 is 23.8 Å². The molecule has 1 fully saturated rings. The molecule has 1 N–H and O–H groups in total. The van der Waals surface area contributed by atoms with E-state index in [1.54, 1.807) is 31.2 Å². The first-order valence-corrected chi connectivity index (χ1v) is 11.0. The van der Waals surface area contributed by atoms with Gasteiger partial charge in [0.15, 0.2) is 11.6 Å². The molecule has 3 aromatic rings. The Balaban J connectivity index is 1.99. The van der Waals surface area contributed by atoms with Gasteiger partial charge in [-0.25, -0.2) is 4.39 Å². The summed E-state index contributed by atoms with van der Waals surface area (Å²) in [5.41, 5.74) is 1.87. The monoisotopic (exact) mass is 487 g/mol. The van der Waals surface area contributed by atoms with Gasteiger partial charge < -0.3 is 9.84 Å². The number of hydrogen-bond acceptors (Lipinski definition) is 3. The van der Waals surface area contributed by atoms with Crippen LogP contribution in [0.15, 0.2) is 40.9 Å². The van der Waals surface area contributed by atoms with Crippen molar-refractivity contribution in [3.8, 4) is 5.75 Å². The molecule has 0 amide bonds. The number of fused-ring (bicyclic) bond motifs is 1. The quantitative estimate of drug-likeness (QED) is 0.485. The normalized spacial score (nSPS) is 15.4. The predicted molar refractivity (Wildman–Crippen MR) is 119 cm³/mol. The van der Waals surface area contributed by atoms with Crippen LogP contribution in [0.1, 0.15) is 53.2 Å². The highest BCUT2D eigenvalue weighted by Crippen LogP contribution is 2.43. The Hall–Kier alpha value is -2.67. The summed E-state index contributed by atoms with van der Waals surface area (Å²) in [6.45, 7) is 1.74. The Morgan fingerprint density at radius 3 is 2.42 bits per heavy atom. The van der Waals surface area contributed by atoms with E-state index >= 15 is 0 Å². The molecule has 1 heterocycles. The van der Waals surface area contributed by atoms with E-state index in [1.165, 1.54) is 23.8 Å². The maximum Gasteiger partial charge on any atom is 0.311 e. The SMILES string of the molecule is COc1cc2c(C(C(=O)O)C3CCCC3)c(C)n(C(=O)c3ccc(Br)cc3)c2cc1F. The van der Waals surface area contributed by atoms with E-state index in [-0.39, 0.29) is 17.6 Å². The first kappa shape index (κ1) is 21.6. The van der Waals surface area contributed by atoms with Crippen LogP contribution in [0.4, 0.5) is 4.39 Å². The Morgan fingerprint density at radius 1 is 1.19 bits per heavy atom. The largest absolute Gasteiger partial charge is 0.494 e. The van der Waals surface area contributed by atoms with Crippen molar-refractivity contribution >= 4 is 38.7 Å². The van der Waals surface area contributed by atoms with E-state index in [0.717, 1.165) is 30.2 Å². The highest BCUT2D eigenvalue weighted by atomic mass is 79.9. The van der Waals surface area contributed by atoms with E-state index in [9.17, 15) is 19.1 Å². The first-order valence-electron chi connectivity index (χ1n) is 10.2. The molecule has 0 saturated heterocycles. The number of benzene rings is 2. The lowest BCUT2D eigenvalue weighted by molar-refractivity contribution is -0.140. The van der Waals surface area contributed by atoms with Crippen molar-refractivity contribution in [1.29, 1.82) is 0 Å². The minimum atomic E-state index is -0.923. The number of ether oxygens (including phenoxy) is 1. The molecular weight excluding hydrogens is 465 g/mol. The van der Waals surface area contributed by atoms with Crippen LogP contribution in [0.2, 0.25) is 0 Å². The Kier molecular flexibility index (Phi) is 5.88. The molecule has 0 spiro atoms. The molecule has 0 radical (unpaired) electrons. The van der Waals surface area contributed by atoms with Gasteiger partial charge in [-0.05, 0) is 61.6 Å². The molecule has 7 heteroatoms. The Bertz CT molecular complexity index is 1160. The number of halogens is 2. The third-order valence-corrected chi connectivity index (χ3v) is 6.80. The molecule has 1 aliphatic rings. The van der Waals surface area contributed by atoms with Gasteiger partial charge in [0, 0.05) is 27.2 Å². The fourth-order valence-corrected chi connectivity index (χ4v) is 5.09. The van der Waals surface area contributed by atoms with E-state index in [1.807, 2.05) is 0 Å². The minimum absolute atomic E-state index is 0.0194. The van der Waals surface area contributed by atoms with E-state index in [4.69, 9.17) is 4.74 Å². The van der Waals surface area contributed by atoms with E-state index in [2.05, 4.69) is 15.9 Å². The fourth-order valence-electron chi connectivity index (χ4n) is 4.82. The third kappa shape index (κ3) is 3.76. The highest BCUT2D eigenvalue weighted by molar-refractivity contribution is 9.10. The molecule has 0 aliphatic heterocycles. The second-order valence-corrected chi connectivity index (χ2v) is 8.93. The summed E-state index contributed by atoms with van der Waals surface area (Å²) in [6.07, 6.45) is 3.62. The van der Waals surface area contributed by atoms with Crippen LogP contribution in [0.5, 0.6) is 5.75 Å². The first-order chi connectivity index (χ1) is 14.8. The predicted octanol–water partition coefficient (Wildman–Crippen LogP) is 5.91. The summed E-state index contributed by atoms with van der Waals surface area (Å²) in [5.74, 6) is -2.61. The van der Waals surface area contributed by atoms with Gasteiger partial charge in [0.2, 0.25) is 0 Å². The van der Waals surface area contributed by atoms with E-state index in [0.29, 0.717) is 27.7 Å². The van der Waals surface area contributed by atoms with Gasteiger partial charge >= 0.3 is 5.97 Å². The molecule has 1 atom stereocenters. The molecule has 1 aliphatic carbocycles. The number of hydrogen-bond donors (Lipinski definition) is 1. The number of methoxy groups -OCH3 is 1. The van der Waals surface area contributed by atoms with Crippen molar-refractivity contribution in [3.63, 3.8) is 0 Å². The molecule has 162 valence electrons. The van der Waals surface area contributed by atoms with Crippen LogP contribution in [0.3, 0.4) is 0 Å². The summed E-state index contributed by atoms with van der Waals surface area (Å²) < 4.78 is 22.1. The van der Waals surface area contributed by atoms with Crippen molar-refractivity contribution in [1.82, 2.24) is 4.57 Å². The zero-order valence-electron chi connectivity index (χ0n) is 17.3. The van der Waals surface area contributed by atoms with Gasteiger partial charge in [-0.15, -0.1) is 0 Å². The average molecular weight is 488 g/mol. The van der Waals surface area contributed by atoms with Gasteiger partial charge in [-0.3, -0.25) is 14.2 Å². The number of nitrogens with zero attached hydrogens (tertiary/aromatic N) is 1. The summed E-state index contributed by atoms with van der Waals surface area (Å²) in [5, 5.41) is 10.7. The topological polar surface area (TPSA) is 68.5 Å². The molecule has 31 heavy (non-hydrogen) atoms. The fraction of sp³-hybridized carbons (Fsp3) is 0.333. The van der Waals surface area contributed by atoms with Crippen LogP contribution in [-0.4, -0.2) is 28.7 Å². The maximum atomic E-state index is 14.6. The summed E-state index contributed by atoms with van der Waals surface area (Å²) in [6, 6.07) is 9.67. The molecule has 1 aromatic heterocycles. The molecule has 4 rings (SSSR count). The number of aliphatic carboxylic acids is 1. The van der Waals surface area contributed by atoms with Gasteiger partial charge in [-0.2, -0.15) is 0 Å². The number of aromatic nitrogens is 1. The molecule has 1 unspecified atom stereocenters. The summed E-state index contributed by atoms with van der Waals surface area (Å²) >= 11 is 3.36. The second kappa shape index (κ2) is 8.46. The molecule has 2 aromatic carbocycles. The van der Waals surface area contributed by atoms with Crippen molar-refractivity contribution in [3.05, 3.63) is 63.5 Å². The highest BCUT2D eigenvalue weighted by Gasteiger charge is 2.37. The number of carboxylic acid groups (broad SMARTS) is 1. The average Bonchev–Trinajstić information content (AvgIpc) is 3.35. The third-order valence-electron chi connectivity index (χ3n) is 6.27. The van der Waals surface area contributed by atoms with Crippen molar-refractivity contribution in [2.24, 2.45) is 5.92 Å². The smallest absolute Gasteiger partial charge is 0.311 e. The molecular formula is C24H23BrFNO4. The summed E-state index contributed by atoms with van der Waals surface area (Å²) in [7, 11) is 1.37. The van der Waals surface area contributed by atoms with Crippen LogP contribution in [0, 0.1) is 18.7 Å². The second-order valence-electron chi connectivity index (χ2n) is 8.01. The van der Waals surface area contributed by atoms with Crippen LogP contribution in [0.25, 0.3) is 10.9 Å². The lowest BCUT2D eigenvalue weighted by Crippen LogP contribution is -2.21. The van der Waals surface area contributed by atoms with Crippen LogP contribution < -0.4 is 4.74 Å². The molecule has 0 bridgehead atoms. The van der Waals surface area contributed by atoms with Gasteiger partial charge in [-0.1, -0.05) is 28.8 Å². The Labute approximate surface area is 187 Å². The number of carbonyl (C=O) groups is 2.